The molecule has 3 N–H and O–H groups in total. The Labute approximate surface area is 180 Å². The number of alkyl halides is 3. The number of H-pyrrole nitrogens is 1. The molecule has 3 unspecified atom stereocenters. The molecule has 0 bridgehead atoms. The van der Waals surface area contributed by atoms with Crippen LogP contribution in [0.4, 0.5) is 13.2 Å². The molecule has 2 aromatic heterocycles. The van der Waals surface area contributed by atoms with Crippen LogP contribution in [0.25, 0.3) is 11.1 Å². The van der Waals surface area contributed by atoms with Crippen LogP contribution in [-0.2, 0) is 12.8 Å². The van der Waals surface area contributed by atoms with Gasteiger partial charge in [-0.1, -0.05) is 0 Å². The van der Waals surface area contributed by atoms with Gasteiger partial charge in [0, 0.05) is 21.4 Å². The predicted octanol–water partition coefficient (Wildman–Crippen LogP) is 1.72. The van der Waals surface area contributed by atoms with Crippen LogP contribution in [0.15, 0.2) is 15.7 Å². The van der Waals surface area contributed by atoms with Crippen LogP contribution in [0.2, 0.25) is 0 Å². The Kier molecular flexibility index (Phi) is 5.01. The van der Waals surface area contributed by atoms with Crippen molar-refractivity contribution in [2.24, 2.45) is 11.7 Å². The topological polar surface area (TPSA) is 80.9 Å². The molecule has 166 valence electrons. The maximum absolute atomic E-state index is 15.7. The fourth-order valence-electron chi connectivity index (χ4n) is 5.13. The third kappa shape index (κ3) is 3.24. The van der Waals surface area contributed by atoms with Crippen LogP contribution in [0.5, 0.6) is 0 Å². The summed E-state index contributed by atoms with van der Waals surface area (Å²) in [6.07, 6.45) is -1.08. The largest absolute Gasteiger partial charge is 0.330 e. The Morgan fingerprint density at radius 3 is 2.68 bits per heavy atom. The molecule has 2 heterocycles. The molecule has 5 rings (SSSR count). The lowest BCUT2D eigenvalue weighted by Gasteiger charge is -2.28. The van der Waals surface area contributed by atoms with Crippen LogP contribution in [-0.4, -0.2) is 28.7 Å². The van der Waals surface area contributed by atoms with Gasteiger partial charge in [0.05, 0.1) is 16.5 Å². The molecule has 0 amide bonds. The van der Waals surface area contributed by atoms with E-state index in [1.54, 1.807) is 6.92 Å². The Morgan fingerprint density at radius 2 is 2.03 bits per heavy atom. The van der Waals surface area contributed by atoms with Gasteiger partial charge in [0.15, 0.2) is 0 Å². The monoisotopic (exact) mass is 451 g/mol. The summed E-state index contributed by atoms with van der Waals surface area (Å²) in [7, 11) is 0. The van der Waals surface area contributed by atoms with E-state index in [2.05, 4.69) is 4.98 Å². The third-order valence-electron chi connectivity index (χ3n) is 6.85. The molecule has 1 saturated carbocycles. The number of aromatic amines is 1. The molecular weight excluding hydrogens is 427 g/mol. The molecule has 0 aliphatic heterocycles. The molecule has 5 nitrogen and oxygen atoms in total. The Hall–Kier alpha value is -2.13. The number of nitrogens with zero attached hydrogens (tertiary/aromatic N) is 1. The SMILES string of the molecule is CC1=c2c(c(=O)[nH]c(=O)n2C2CC2)=C(C(F)F)C(F)C1c1cc2c(s1)CCC(CN)C2. The summed E-state index contributed by atoms with van der Waals surface area (Å²) in [5, 5.41) is -0.191. The second-order valence-electron chi connectivity index (χ2n) is 8.84. The van der Waals surface area contributed by atoms with E-state index in [1.807, 2.05) is 6.07 Å². The lowest BCUT2D eigenvalue weighted by atomic mass is 9.83. The van der Waals surface area contributed by atoms with E-state index in [1.165, 1.54) is 15.9 Å². The maximum atomic E-state index is 15.7. The highest BCUT2D eigenvalue weighted by Gasteiger charge is 2.40. The molecule has 0 saturated heterocycles. The van der Waals surface area contributed by atoms with Crippen molar-refractivity contribution in [2.75, 3.05) is 6.54 Å². The molecule has 0 spiro atoms. The summed E-state index contributed by atoms with van der Waals surface area (Å²) < 4.78 is 45.3. The zero-order chi connectivity index (χ0) is 22.0. The third-order valence-corrected chi connectivity index (χ3v) is 8.17. The van der Waals surface area contributed by atoms with Gasteiger partial charge >= 0.3 is 5.69 Å². The van der Waals surface area contributed by atoms with Gasteiger partial charge in [-0.15, -0.1) is 11.3 Å². The molecule has 31 heavy (non-hydrogen) atoms. The predicted molar refractivity (Wildman–Crippen MR) is 114 cm³/mol. The van der Waals surface area contributed by atoms with Gasteiger partial charge in [-0.25, -0.2) is 18.0 Å². The quantitative estimate of drug-likeness (QED) is 0.743. The summed E-state index contributed by atoms with van der Waals surface area (Å²) >= 11 is 1.46. The van der Waals surface area contributed by atoms with Gasteiger partial charge in [0.1, 0.15) is 6.17 Å². The number of hydrogen-bond donors (Lipinski definition) is 2. The zero-order valence-corrected chi connectivity index (χ0v) is 17.9. The fourth-order valence-corrected chi connectivity index (χ4v) is 6.54. The van der Waals surface area contributed by atoms with E-state index in [0.29, 0.717) is 22.9 Å². The first-order chi connectivity index (χ1) is 14.8. The first-order valence-corrected chi connectivity index (χ1v) is 11.5. The second-order valence-corrected chi connectivity index (χ2v) is 10.0. The van der Waals surface area contributed by atoms with Gasteiger partial charge in [-0.3, -0.25) is 14.3 Å². The van der Waals surface area contributed by atoms with Gasteiger partial charge in [-0.2, -0.15) is 0 Å². The highest BCUT2D eigenvalue weighted by Crippen LogP contribution is 2.43. The van der Waals surface area contributed by atoms with E-state index >= 15 is 4.39 Å². The van der Waals surface area contributed by atoms with Crippen molar-refractivity contribution in [3.8, 4) is 0 Å². The second kappa shape index (κ2) is 7.48. The minimum Gasteiger partial charge on any atom is -0.330 e. The van der Waals surface area contributed by atoms with E-state index in [4.69, 9.17) is 5.73 Å². The van der Waals surface area contributed by atoms with Gasteiger partial charge in [0.25, 0.3) is 12.0 Å². The van der Waals surface area contributed by atoms with Crippen LogP contribution >= 0.6 is 11.3 Å². The fraction of sp³-hybridized carbons (Fsp3) is 0.545. The van der Waals surface area contributed by atoms with Crippen molar-refractivity contribution in [3.05, 3.63) is 52.8 Å². The highest BCUT2D eigenvalue weighted by atomic mass is 32.1. The van der Waals surface area contributed by atoms with Crippen molar-refractivity contribution in [1.29, 1.82) is 0 Å². The molecule has 3 aliphatic rings. The van der Waals surface area contributed by atoms with E-state index in [9.17, 15) is 18.4 Å². The number of aromatic nitrogens is 2. The van der Waals surface area contributed by atoms with E-state index in [-0.39, 0.29) is 16.6 Å². The smallest absolute Gasteiger partial charge is 0.329 e. The number of halogens is 3. The average Bonchev–Trinajstić information content (AvgIpc) is 3.46. The number of thiophene rings is 1. The Balaban J connectivity index is 1.78. The van der Waals surface area contributed by atoms with E-state index in [0.717, 1.165) is 42.5 Å². The molecule has 9 heteroatoms. The minimum absolute atomic E-state index is 0.148. The standard InChI is InChI=1S/C22H24F3N3O2S/c1-9-15(14-7-11-6-10(8-26)2-5-13(11)31-14)18(23)16(20(24)25)17-19(9)28(12-3-4-12)22(30)27-21(17)29/h7,10,12,15,18,20H,2-6,8,26H2,1H3,(H,27,29,30). The average molecular weight is 452 g/mol. The van der Waals surface area contributed by atoms with Gasteiger partial charge in [-0.05, 0) is 68.7 Å². The maximum Gasteiger partial charge on any atom is 0.329 e. The lowest BCUT2D eigenvalue weighted by molar-refractivity contribution is 0.191. The van der Waals surface area contributed by atoms with Crippen LogP contribution < -0.4 is 27.6 Å². The number of aryl methyl sites for hydroxylation is 1. The van der Waals surface area contributed by atoms with Crippen molar-refractivity contribution < 1.29 is 13.2 Å². The molecular formula is C22H24F3N3O2S. The summed E-state index contributed by atoms with van der Waals surface area (Å²) in [4.78, 5) is 29.1. The number of fused-ring (bicyclic) bond motifs is 2. The van der Waals surface area contributed by atoms with Crippen molar-refractivity contribution in [1.82, 2.24) is 9.55 Å². The Bertz CT molecular complexity index is 1290. The van der Waals surface area contributed by atoms with Crippen molar-refractivity contribution >= 4 is 22.5 Å². The summed E-state index contributed by atoms with van der Waals surface area (Å²) in [5.74, 6) is -0.565. The van der Waals surface area contributed by atoms with Crippen molar-refractivity contribution in [2.45, 2.75) is 63.6 Å². The number of rotatable bonds is 4. The van der Waals surface area contributed by atoms with Gasteiger partial charge in [0.2, 0.25) is 0 Å². The number of nitrogens with one attached hydrogen (secondary N) is 1. The minimum atomic E-state index is -3.13. The summed E-state index contributed by atoms with van der Waals surface area (Å²) in [6, 6.07) is 1.77. The zero-order valence-electron chi connectivity index (χ0n) is 17.1. The van der Waals surface area contributed by atoms with Crippen LogP contribution in [0.3, 0.4) is 0 Å². The molecule has 3 aliphatic carbocycles. The molecule has 3 atom stereocenters. The first kappa shape index (κ1) is 20.8. The van der Waals surface area contributed by atoms with E-state index < -0.39 is 35.3 Å². The number of nitrogens with two attached hydrogens (primary N) is 1. The molecule has 0 radical (unpaired) electrons. The normalized spacial score (nSPS) is 25.7. The number of hydrogen-bond acceptors (Lipinski definition) is 4. The van der Waals surface area contributed by atoms with Crippen LogP contribution in [0.1, 0.15) is 53.5 Å². The first-order valence-electron chi connectivity index (χ1n) is 10.6. The highest BCUT2D eigenvalue weighted by molar-refractivity contribution is 7.12. The molecule has 1 fully saturated rings. The Morgan fingerprint density at radius 1 is 1.29 bits per heavy atom. The summed E-state index contributed by atoms with van der Waals surface area (Å²) in [6.45, 7) is 2.25. The molecule has 2 aromatic rings. The van der Waals surface area contributed by atoms with Crippen LogP contribution in [0, 0.1) is 5.92 Å². The van der Waals surface area contributed by atoms with Gasteiger partial charge < -0.3 is 5.73 Å². The lowest BCUT2D eigenvalue weighted by Crippen LogP contribution is -2.59. The van der Waals surface area contributed by atoms with Crippen molar-refractivity contribution in [3.63, 3.8) is 0 Å². The summed E-state index contributed by atoms with van der Waals surface area (Å²) in [5.41, 5.74) is 5.03. The molecule has 0 aromatic carbocycles.